The minimum Gasteiger partial charge on any atom is -0.270 e. The van der Waals surface area contributed by atoms with Gasteiger partial charge in [-0.25, -0.2) is 0 Å². The Bertz CT molecular complexity index is 547. The Morgan fingerprint density at radius 1 is 1.21 bits per heavy atom. The molecule has 19 heavy (non-hydrogen) atoms. The number of nitrogens with one attached hydrogen (secondary N) is 1. The fraction of sp³-hybridized carbons (Fsp3) is 0.571. The first kappa shape index (κ1) is 14.3. The Hall–Kier alpha value is -1.07. The normalized spacial score (nSPS) is 17.1. The lowest BCUT2D eigenvalue weighted by atomic mass is 9.99. The van der Waals surface area contributed by atoms with E-state index in [1.165, 1.54) is 4.31 Å². The molecular formula is C14H22N2O2S. The van der Waals surface area contributed by atoms with Crippen molar-refractivity contribution in [1.29, 1.82) is 0 Å². The lowest BCUT2D eigenvalue weighted by Crippen LogP contribution is -2.33. The largest absolute Gasteiger partial charge is 0.301 e. The van der Waals surface area contributed by atoms with E-state index < -0.39 is 10.2 Å². The van der Waals surface area contributed by atoms with Crippen LogP contribution in [0.1, 0.15) is 43.7 Å². The summed E-state index contributed by atoms with van der Waals surface area (Å²) in [6.45, 7) is 7.33. The molecule has 1 saturated heterocycles. The molecule has 1 N–H and O–H groups in total. The van der Waals surface area contributed by atoms with Gasteiger partial charge in [-0.1, -0.05) is 32.0 Å². The van der Waals surface area contributed by atoms with Crippen LogP contribution in [-0.2, 0) is 10.2 Å². The van der Waals surface area contributed by atoms with Gasteiger partial charge in [0.1, 0.15) is 0 Å². The SMILES string of the molecule is Cc1cccc(C(C)C)c1NS(=O)(=O)N1CCCC1. The first-order chi connectivity index (χ1) is 8.92. The molecule has 0 saturated carbocycles. The number of rotatable bonds is 4. The van der Waals surface area contributed by atoms with Crippen LogP contribution >= 0.6 is 0 Å². The Balaban J connectivity index is 2.32. The van der Waals surface area contributed by atoms with Gasteiger partial charge in [-0.15, -0.1) is 0 Å². The number of aryl methyl sites for hydroxylation is 1. The molecule has 0 unspecified atom stereocenters. The lowest BCUT2D eigenvalue weighted by molar-refractivity contribution is 0.482. The maximum absolute atomic E-state index is 12.3. The predicted molar refractivity (Wildman–Crippen MR) is 78.6 cm³/mol. The Kier molecular flexibility index (Phi) is 4.16. The second-order valence-electron chi connectivity index (χ2n) is 5.41. The van der Waals surface area contributed by atoms with Crippen molar-refractivity contribution in [3.05, 3.63) is 29.3 Å². The standard InChI is InChI=1S/C14H22N2O2S/c1-11(2)13-8-6-7-12(3)14(13)15-19(17,18)16-9-4-5-10-16/h6-8,11,15H,4-5,9-10H2,1-3H3. The summed E-state index contributed by atoms with van der Waals surface area (Å²) in [6.07, 6.45) is 1.90. The second kappa shape index (κ2) is 5.51. The summed E-state index contributed by atoms with van der Waals surface area (Å²) in [6, 6.07) is 5.89. The first-order valence-corrected chi connectivity index (χ1v) is 8.23. The monoisotopic (exact) mass is 282 g/mol. The predicted octanol–water partition coefficient (Wildman–Crippen LogP) is 2.87. The van der Waals surface area contributed by atoms with Crippen LogP contribution in [0.5, 0.6) is 0 Å². The number of hydrogen-bond donors (Lipinski definition) is 1. The Morgan fingerprint density at radius 2 is 1.84 bits per heavy atom. The Morgan fingerprint density at radius 3 is 2.42 bits per heavy atom. The molecule has 0 atom stereocenters. The molecule has 0 spiro atoms. The molecule has 4 nitrogen and oxygen atoms in total. The third kappa shape index (κ3) is 3.09. The molecule has 0 radical (unpaired) electrons. The summed E-state index contributed by atoms with van der Waals surface area (Å²) in [4.78, 5) is 0. The summed E-state index contributed by atoms with van der Waals surface area (Å²) >= 11 is 0. The van der Waals surface area contributed by atoms with Gasteiger partial charge in [0.2, 0.25) is 0 Å². The molecule has 1 fully saturated rings. The van der Waals surface area contributed by atoms with Gasteiger partial charge in [-0.05, 0) is 36.8 Å². The minimum absolute atomic E-state index is 0.288. The van der Waals surface area contributed by atoms with E-state index in [0.717, 1.165) is 29.7 Å². The molecule has 0 amide bonds. The van der Waals surface area contributed by atoms with Gasteiger partial charge in [-0.2, -0.15) is 12.7 Å². The number of nitrogens with zero attached hydrogens (tertiary/aromatic N) is 1. The number of hydrogen-bond acceptors (Lipinski definition) is 2. The van der Waals surface area contributed by atoms with Crippen molar-refractivity contribution in [3.63, 3.8) is 0 Å². The van der Waals surface area contributed by atoms with Gasteiger partial charge in [0.25, 0.3) is 0 Å². The van der Waals surface area contributed by atoms with Crippen molar-refractivity contribution >= 4 is 15.9 Å². The molecule has 5 heteroatoms. The number of benzene rings is 1. The molecule has 1 heterocycles. The summed E-state index contributed by atoms with van der Waals surface area (Å²) in [5, 5.41) is 0. The molecule has 0 aromatic heterocycles. The van der Waals surface area contributed by atoms with Gasteiger partial charge in [0.05, 0.1) is 5.69 Å². The van der Waals surface area contributed by atoms with Crippen LogP contribution in [0.2, 0.25) is 0 Å². The quantitative estimate of drug-likeness (QED) is 0.923. The van der Waals surface area contributed by atoms with Gasteiger partial charge < -0.3 is 0 Å². The van der Waals surface area contributed by atoms with E-state index in [2.05, 4.69) is 18.6 Å². The average Bonchev–Trinajstić information content (AvgIpc) is 2.85. The van der Waals surface area contributed by atoms with Crippen molar-refractivity contribution < 1.29 is 8.42 Å². The molecule has 1 aromatic carbocycles. The maximum Gasteiger partial charge on any atom is 0.301 e. The highest BCUT2D eigenvalue weighted by molar-refractivity contribution is 7.90. The average molecular weight is 282 g/mol. The van der Waals surface area contributed by atoms with Crippen molar-refractivity contribution in [3.8, 4) is 0 Å². The van der Waals surface area contributed by atoms with Crippen molar-refractivity contribution in [2.75, 3.05) is 17.8 Å². The van der Waals surface area contributed by atoms with E-state index in [0.29, 0.717) is 13.1 Å². The van der Waals surface area contributed by atoms with Crippen molar-refractivity contribution in [2.45, 2.75) is 39.5 Å². The van der Waals surface area contributed by atoms with Crippen LogP contribution in [0.25, 0.3) is 0 Å². The van der Waals surface area contributed by atoms with Gasteiger partial charge >= 0.3 is 10.2 Å². The van der Waals surface area contributed by atoms with E-state index in [4.69, 9.17) is 0 Å². The molecule has 1 aliphatic rings. The summed E-state index contributed by atoms with van der Waals surface area (Å²) in [5.74, 6) is 0.288. The molecule has 2 rings (SSSR count). The first-order valence-electron chi connectivity index (χ1n) is 6.79. The van der Waals surface area contributed by atoms with Crippen molar-refractivity contribution in [2.24, 2.45) is 0 Å². The van der Waals surface area contributed by atoms with Gasteiger partial charge in [0.15, 0.2) is 0 Å². The number of anilines is 1. The van der Waals surface area contributed by atoms with Crippen molar-refractivity contribution in [1.82, 2.24) is 4.31 Å². The highest BCUT2D eigenvalue weighted by atomic mass is 32.2. The highest BCUT2D eigenvalue weighted by Gasteiger charge is 2.26. The van der Waals surface area contributed by atoms with Crippen LogP contribution in [0.4, 0.5) is 5.69 Å². The topological polar surface area (TPSA) is 49.4 Å². The zero-order valence-corrected chi connectivity index (χ0v) is 12.6. The minimum atomic E-state index is -3.41. The van der Waals surface area contributed by atoms with E-state index in [9.17, 15) is 8.42 Å². The molecular weight excluding hydrogens is 260 g/mol. The smallest absolute Gasteiger partial charge is 0.270 e. The van der Waals surface area contributed by atoms with E-state index >= 15 is 0 Å². The molecule has 1 aromatic rings. The maximum atomic E-state index is 12.3. The van der Waals surface area contributed by atoms with E-state index in [-0.39, 0.29) is 5.92 Å². The van der Waals surface area contributed by atoms with Crippen LogP contribution in [-0.4, -0.2) is 25.8 Å². The van der Waals surface area contributed by atoms with Gasteiger partial charge in [-0.3, -0.25) is 4.72 Å². The van der Waals surface area contributed by atoms with E-state index in [1.54, 1.807) is 0 Å². The third-order valence-corrected chi connectivity index (χ3v) is 5.07. The summed E-state index contributed by atoms with van der Waals surface area (Å²) in [7, 11) is -3.41. The third-order valence-electron chi connectivity index (χ3n) is 3.56. The zero-order chi connectivity index (χ0) is 14.0. The Labute approximate surface area is 116 Å². The van der Waals surface area contributed by atoms with E-state index in [1.807, 2.05) is 25.1 Å². The molecule has 106 valence electrons. The molecule has 1 aliphatic heterocycles. The number of para-hydroxylation sites is 1. The molecule has 0 aliphatic carbocycles. The summed E-state index contributed by atoms with van der Waals surface area (Å²) in [5.41, 5.74) is 2.75. The zero-order valence-electron chi connectivity index (χ0n) is 11.8. The lowest BCUT2D eigenvalue weighted by Gasteiger charge is -2.21. The molecule has 0 bridgehead atoms. The van der Waals surface area contributed by atoms with Gasteiger partial charge in [0, 0.05) is 13.1 Å². The van der Waals surface area contributed by atoms with Crippen LogP contribution < -0.4 is 4.72 Å². The van der Waals surface area contributed by atoms with Crippen LogP contribution in [0, 0.1) is 6.92 Å². The highest BCUT2D eigenvalue weighted by Crippen LogP contribution is 2.29. The second-order valence-corrected chi connectivity index (χ2v) is 7.08. The van der Waals surface area contributed by atoms with Crippen LogP contribution in [0.15, 0.2) is 18.2 Å². The fourth-order valence-corrected chi connectivity index (χ4v) is 3.84. The van der Waals surface area contributed by atoms with Crippen LogP contribution in [0.3, 0.4) is 0 Å². The summed E-state index contributed by atoms with van der Waals surface area (Å²) < 4.78 is 29.0. The fourth-order valence-electron chi connectivity index (χ4n) is 2.43.